The number of carbonyl (C=O) groups is 1. The number of hydrogen-bond acceptors (Lipinski definition) is 1. The summed E-state index contributed by atoms with van der Waals surface area (Å²) in [5.74, 6) is 0.0462. The van der Waals surface area contributed by atoms with E-state index in [9.17, 15) is 4.79 Å². The summed E-state index contributed by atoms with van der Waals surface area (Å²) in [6.07, 6.45) is 0.857. The Bertz CT molecular complexity index is 532. The smallest absolute Gasteiger partial charge is 0.253 e. The molecule has 2 heteroatoms. The molecule has 0 saturated carbocycles. The van der Waals surface area contributed by atoms with Crippen molar-refractivity contribution in [2.75, 3.05) is 14.1 Å². The van der Waals surface area contributed by atoms with E-state index in [1.54, 1.807) is 19.0 Å². The summed E-state index contributed by atoms with van der Waals surface area (Å²) >= 11 is 0. The molecule has 2 aromatic carbocycles. The van der Waals surface area contributed by atoms with Crippen molar-refractivity contribution in [3.63, 3.8) is 0 Å². The van der Waals surface area contributed by atoms with Gasteiger partial charge in [0, 0.05) is 19.7 Å². The number of amides is 1. The molecule has 0 aromatic heterocycles. The largest absolute Gasteiger partial charge is 0.345 e. The number of rotatable bonds is 3. The van der Waals surface area contributed by atoms with Gasteiger partial charge < -0.3 is 4.90 Å². The lowest BCUT2D eigenvalue weighted by molar-refractivity contribution is 0.0827. The molecule has 0 aliphatic heterocycles. The Kier molecular flexibility index (Phi) is 3.78. The summed E-state index contributed by atoms with van der Waals surface area (Å²) in [5.41, 5.74) is 3.16. The van der Waals surface area contributed by atoms with Crippen LogP contribution in [-0.2, 0) is 6.42 Å². The zero-order valence-corrected chi connectivity index (χ0v) is 10.8. The van der Waals surface area contributed by atoms with Crippen LogP contribution in [0.2, 0.25) is 0 Å². The molecule has 0 fully saturated rings. The molecule has 1 amide bonds. The lowest BCUT2D eigenvalue weighted by Gasteiger charge is -2.11. The van der Waals surface area contributed by atoms with Gasteiger partial charge in [0.25, 0.3) is 5.91 Å². The molecule has 2 nitrogen and oxygen atoms in total. The molecule has 2 aromatic rings. The molecule has 0 N–H and O–H groups in total. The number of carbonyl (C=O) groups excluding carboxylic acids is 1. The number of hydrogen-bond donors (Lipinski definition) is 0. The van der Waals surface area contributed by atoms with Crippen LogP contribution in [-0.4, -0.2) is 24.9 Å². The van der Waals surface area contributed by atoms with Gasteiger partial charge in [0.05, 0.1) is 0 Å². The lowest BCUT2D eigenvalue weighted by atomic mass is 10.0. The van der Waals surface area contributed by atoms with Gasteiger partial charge in [0.2, 0.25) is 0 Å². The average molecular weight is 239 g/mol. The fourth-order valence-electron chi connectivity index (χ4n) is 1.90. The van der Waals surface area contributed by atoms with Crippen LogP contribution in [0.4, 0.5) is 0 Å². The summed E-state index contributed by atoms with van der Waals surface area (Å²) in [5, 5.41) is 0. The van der Waals surface area contributed by atoms with Crippen molar-refractivity contribution in [3.8, 4) is 0 Å². The highest BCUT2D eigenvalue weighted by molar-refractivity contribution is 5.94. The SMILES string of the molecule is CN(C)C(=O)c1cccc(Cc2ccccc2)c1. The van der Waals surface area contributed by atoms with Gasteiger partial charge in [0.1, 0.15) is 0 Å². The normalized spacial score (nSPS) is 10.1. The number of nitrogens with zero attached hydrogens (tertiary/aromatic N) is 1. The van der Waals surface area contributed by atoms with E-state index in [1.807, 2.05) is 36.4 Å². The van der Waals surface area contributed by atoms with Crippen molar-refractivity contribution in [1.82, 2.24) is 4.90 Å². The van der Waals surface area contributed by atoms with Crippen molar-refractivity contribution in [2.45, 2.75) is 6.42 Å². The van der Waals surface area contributed by atoms with Crippen LogP contribution < -0.4 is 0 Å². The molecule has 0 saturated heterocycles. The fourth-order valence-corrected chi connectivity index (χ4v) is 1.90. The highest BCUT2D eigenvalue weighted by Gasteiger charge is 2.08. The fraction of sp³-hybridized carbons (Fsp3) is 0.188. The maximum Gasteiger partial charge on any atom is 0.253 e. The molecule has 0 aliphatic carbocycles. The topological polar surface area (TPSA) is 20.3 Å². The van der Waals surface area contributed by atoms with E-state index in [-0.39, 0.29) is 5.91 Å². The van der Waals surface area contributed by atoms with E-state index in [0.29, 0.717) is 0 Å². The minimum atomic E-state index is 0.0462. The first-order valence-corrected chi connectivity index (χ1v) is 6.01. The predicted octanol–water partition coefficient (Wildman–Crippen LogP) is 2.98. The van der Waals surface area contributed by atoms with Crippen molar-refractivity contribution in [2.24, 2.45) is 0 Å². The van der Waals surface area contributed by atoms with Gasteiger partial charge in [-0.3, -0.25) is 4.79 Å². The molecule has 0 atom stereocenters. The molecule has 0 unspecified atom stereocenters. The summed E-state index contributed by atoms with van der Waals surface area (Å²) in [4.78, 5) is 13.5. The van der Waals surface area contributed by atoms with Gasteiger partial charge in [-0.1, -0.05) is 42.5 Å². The molecular weight excluding hydrogens is 222 g/mol. The highest BCUT2D eigenvalue weighted by Crippen LogP contribution is 2.12. The molecule has 2 rings (SSSR count). The van der Waals surface area contributed by atoms with Gasteiger partial charge in [-0.25, -0.2) is 0 Å². The van der Waals surface area contributed by atoms with Crippen LogP contribution in [0.1, 0.15) is 21.5 Å². The van der Waals surface area contributed by atoms with Crippen molar-refractivity contribution in [3.05, 3.63) is 71.3 Å². The lowest BCUT2D eigenvalue weighted by Crippen LogP contribution is -2.21. The van der Waals surface area contributed by atoms with Gasteiger partial charge in [-0.15, -0.1) is 0 Å². The summed E-state index contributed by atoms with van der Waals surface area (Å²) in [6, 6.07) is 18.1. The maximum atomic E-state index is 11.9. The molecule has 92 valence electrons. The first-order valence-electron chi connectivity index (χ1n) is 6.01. The second-order valence-corrected chi connectivity index (χ2v) is 4.56. The second-order valence-electron chi connectivity index (χ2n) is 4.56. The summed E-state index contributed by atoms with van der Waals surface area (Å²) < 4.78 is 0. The molecule has 0 heterocycles. The van der Waals surface area contributed by atoms with Crippen molar-refractivity contribution in [1.29, 1.82) is 0 Å². The highest BCUT2D eigenvalue weighted by atomic mass is 16.2. The third kappa shape index (κ3) is 2.98. The Labute approximate surface area is 108 Å². The predicted molar refractivity (Wildman–Crippen MR) is 73.7 cm³/mol. The first-order chi connectivity index (χ1) is 8.66. The minimum absolute atomic E-state index is 0.0462. The quantitative estimate of drug-likeness (QED) is 0.806. The van der Waals surface area contributed by atoms with Crippen LogP contribution >= 0.6 is 0 Å². The third-order valence-corrected chi connectivity index (χ3v) is 2.83. The zero-order chi connectivity index (χ0) is 13.0. The monoisotopic (exact) mass is 239 g/mol. The molecule has 0 radical (unpaired) electrons. The Morgan fingerprint density at radius 2 is 1.61 bits per heavy atom. The zero-order valence-electron chi connectivity index (χ0n) is 10.8. The van der Waals surface area contributed by atoms with Crippen LogP contribution in [0, 0.1) is 0 Å². The van der Waals surface area contributed by atoms with E-state index in [4.69, 9.17) is 0 Å². The van der Waals surface area contributed by atoms with Gasteiger partial charge in [-0.05, 0) is 29.7 Å². The molecule has 0 aliphatic rings. The van der Waals surface area contributed by atoms with E-state index in [1.165, 1.54) is 5.56 Å². The van der Waals surface area contributed by atoms with Gasteiger partial charge in [-0.2, -0.15) is 0 Å². The van der Waals surface area contributed by atoms with E-state index < -0.39 is 0 Å². The Morgan fingerprint density at radius 3 is 2.28 bits per heavy atom. The molecular formula is C16H17NO. The number of benzene rings is 2. The molecule has 0 bridgehead atoms. The van der Waals surface area contributed by atoms with Crippen LogP contribution in [0.5, 0.6) is 0 Å². The van der Waals surface area contributed by atoms with Crippen LogP contribution in [0.15, 0.2) is 54.6 Å². The Balaban J connectivity index is 2.20. The average Bonchev–Trinajstić information content (AvgIpc) is 2.39. The van der Waals surface area contributed by atoms with Crippen molar-refractivity contribution < 1.29 is 4.79 Å². The van der Waals surface area contributed by atoms with Crippen LogP contribution in [0.3, 0.4) is 0 Å². The molecule has 18 heavy (non-hydrogen) atoms. The summed E-state index contributed by atoms with van der Waals surface area (Å²) in [6.45, 7) is 0. The standard InChI is InChI=1S/C16H17NO/c1-17(2)16(18)15-10-6-9-14(12-15)11-13-7-4-3-5-8-13/h3-10,12H,11H2,1-2H3. The van der Waals surface area contributed by atoms with E-state index in [0.717, 1.165) is 17.5 Å². The first kappa shape index (κ1) is 12.4. The minimum Gasteiger partial charge on any atom is -0.345 e. The van der Waals surface area contributed by atoms with Crippen molar-refractivity contribution >= 4 is 5.91 Å². The summed E-state index contributed by atoms with van der Waals surface area (Å²) in [7, 11) is 3.54. The maximum absolute atomic E-state index is 11.9. The van der Waals surface area contributed by atoms with E-state index in [2.05, 4.69) is 18.2 Å². The Hall–Kier alpha value is -2.09. The van der Waals surface area contributed by atoms with Gasteiger partial charge >= 0.3 is 0 Å². The van der Waals surface area contributed by atoms with Gasteiger partial charge in [0.15, 0.2) is 0 Å². The van der Waals surface area contributed by atoms with Crippen LogP contribution in [0.25, 0.3) is 0 Å². The Morgan fingerprint density at radius 1 is 0.944 bits per heavy atom. The molecule has 0 spiro atoms. The second kappa shape index (κ2) is 5.50. The third-order valence-electron chi connectivity index (χ3n) is 2.83. The van der Waals surface area contributed by atoms with E-state index >= 15 is 0 Å².